The summed E-state index contributed by atoms with van der Waals surface area (Å²) < 4.78 is 11.8. The lowest BCUT2D eigenvalue weighted by atomic mass is 10.2. The molecule has 0 bridgehead atoms. The van der Waals surface area contributed by atoms with E-state index in [1.165, 1.54) is 0 Å². The third-order valence-electron chi connectivity index (χ3n) is 2.36. The van der Waals surface area contributed by atoms with E-state index in [2.05, 4.69) is 20.9 Å². The van der Waals surface area contributed by atoms with E-state index in [1.54, 1.807) is 25.4 Å². The fourth-order valence-electron chi connectivity index (χ4n) is 1.42. The second kappa shape index (κ2) is 6.07. The fraction of sp³-hybridized carbons (Fsp3) is 0.154. The summed E-state index contributed by atoms with van der Waals surface area (Å²) in [6.07, 6.45) is 1.62. The first-order chi connectivity index (χ1) is 8.70. The van der Waals surface area contributed by atoms with Crippen LogP contribution in [-0.2, 0) is 6.61 Å². The molecule has 0 saturated heterocycles. The molecular formula is C13H11BrClNO2. The summed E-state index contributed by atoms with van der Waals surface area (Å²) in [6.45, 7) is 0.392. The average molecular weight is 329 g/mol. The van der Waals surface area contributed by atoms with E-state index in [0.29, 0.717) is 17.5 Å². The van der Waals surface area contributed by atoms with Crippen molar-refractivity contribution in [1.82, 2.24) is 4.98 Å². The Hall–Kier alpha value is -1.26. The largest absolute Gasteiger partial charge is 0.497 e. The highest BCUT2D eigenvalue weighted by molar-refractivity contribution is 9.10. The van der Waals surface area contributed by atoms with Crippen molar-refractivity contribution in [3.8, 4) is 11.5 Å². The highest BCUT2D eigenvalue weighted by Crippen LogP contribution is 2.26. The molecular weight excluding hydrogens is 318 g/mol. The average Bonchev–Trinajstić information content (AvgIpc) is 2.39. The molecule has 0 saturated carbocycles. The lowest BCUT2D eigenvalue weighted by Crippen LogP contribution is -1.98. The lowest BCUT2D eigenvalue weighted by Gasteiger charge is -2.10. The Morgan fingerprint density at radius 3 is 2.89 bits per heavy atom. The molecule has 94 valence electrons. The molecule has 5 heteroatoms. The van der Waals surface area contributed by atoms with E-state index in [-0.39, 0.29) is 0 Å². The van der Waals surface area contributed by atoms with Crippen LogP contribution < -0.4 is 9.47 Å². The molecule has 0 atom stereocenters. The monoisotopic (exact) mass is 327 g/mol. The lowest BCUT2D eigenvalue weighted by molar-refractivity contribution is 0.303. The van der Waals surface area contributed by atoms with E-state index in [1.807, 2.05) is 18.2 Å². The second-order valence-electron chi connectivity index (χ2n) is 3.54. The summed E-state index contributed by atoms with van der Waals surface area (Å²) in [5.74, 6) is 1.35. The van der Waals surface area contributed by atoms with Gasteiger partial charge >= 0.3 is 0 Å². The Labute approximate surface area is 119 Å². The van der Waals surface area contributed by atoms with Gasteiger partial charge < -0.3 is 9.47 Å². The molecule has 0 radical (unpaired) electrons. The first-order valence-corrected chi connectivity index (χ1v) is 6.43. The fourth-order valence-corrected chi connectivity index (χ4v) is 1.96. The topological polar surface area (TPSA) is 31.4 Å². The maximum absolute atomic E-state index is 5.92. The third-order valence-corrected chi connectivity index (χ3v) is 3.42. The second-order valence-corrected chi connectivity index (χ2v) is 4.75. The van der Waals surface area contributed by atoms with Gasteiger partial charge in [0.15, 0.2) is 10.9 Å². The predicted molar refractivity (Wildman–Crippen MR) is 74.3 cm³/mol. The van der Waals surface area contributed by atoms with E-state index in [4.69, 9.17) is 21.1 Å². The zero-order valence-corrected chi connectivity index (χ0v) is 12.0. The van der Waals surface area contributed by atoms with Crippen LogP contribution in [0, 0.1) is 0 Å². The van der Waals surface area contributed by atoms with Crippen LogP contribution in [0.15, 0.2) is 41.0 Å². The number of aromatic nitrogens is 1. The molecule has 1 aromatic heterocycles. The van der Waals surface area contributed by atoms with Crippen molar-refractivity contribution in [2.75, 3.05) is 7.11 Å². The summed E-state index contributed by atoms with van der Waals surface area (Å²) in [5, 5.41) is 0.358. The van der Waals surface area contributed by atoms with Crippen LogP contribution in [0.25, 0.3) is 0 Å². The summed E-state index contributed by atoms with van der Waals surface area (Å²) in [5.41, 5.74) is 0.981. The van der Waals surface area contributed by atoms with Gasteiger partial charge in [0.2, 0.25) is 0 Å². The summed E-state index contributed by atoms with van der Waals surface area (Å²) in [7, 11) is 1.63. The van der Waals surface area contributed by atoms with Gasteiger partial charge in [-0.2, -0.15) is 0 Å². The number of halogens is 2. The number of methoxy groups -OCH3 is 1. The number of pyridine rings is 1. The minimum atomic E-state index is 0.358. The molecule has 0 fully saturated rings. The van der Waals surface area contributed by atoms with Crippen LogP contribution in [0.3, 0.4) is 0 Å². The first-order valence-electron chi connectivity index (χ1n) is 5.26. The highest BCUT2D eigenvalue weighted by atomic mass is 79.9. The molecule has 0 aliphatic heterocycles. The molecule has 0 spiro atoms. The molecule has 18 heavy (non-hydrogen) atoms. The van der Waals surface area contributed by atoms with Crippen molar-refractivity contribution in [3.05, 3.63) is 51.7 Å². The van der Waals surface area contributed by atoms with E-state index < -0.39 is 0 Å². The summed E-state index contributed by atoms with van der Waals surface area (Å²) in [4.78, 5) is 3.95. The van der Waals surface area contributed by atoms with Gasteiger partial charge in [-0.15, -0.1) is 0 Å². The van der Waals surface area contributed by atoms with Gasteiger partial charge in [-0.05, 0) is 30.3 Å². The molecule has 0 aliphatic rings. The number of nitrogens with zero attached hydrogens (tertiary/aromatic N) is 1. The summed E-state index contributed by atoms with van der Waals surface area (Å²) >= 11 is 9.38. The van der Waals surface area contributed by atoms with Gasteiger partial charge in [0.25, 0.3) is 0 Å². The number of hydrogen-bond donors (Lipinski definition) is 0. The first kappa shape index (κ1) is 13.2. The minimum Gasteiger partial charge on any atom is -0.497 e. The Balaban J connectivity index is 2.13. The molecule has 0 unspecified atom stereocenters. The van der Waals surface area contributed by atoms with Gasteiger partial charge in [0.1, 0.15) is 12.4 Å². The summed E-state index contributed by atoms with van der Waals surface area (Å²) in [6, 6.07) is 9.27. The van der Waals surface area contributed by atoms with Crippen molar-refractivity contribution in [2.24, 2.45) is 0 Å². The number of hydrogen-bond acceptors (Lipinski definition) is 3. The number of rotatable bonds is 4. The van der Waals surface area contributed by atoms with Crippen molar-refractivity contribution >= 4 is 27.5 Å². The SMILES string of the molecule is COc1ccc(Br)c(COc2cccnc2Cl)c1. The Morgan fingerprint density at radius 1 is 1.33 bits per heavy atom. The van der Waals surface area contributed by atoms with Crippen molar-refractivity contribution in [3.63, 3.8) is 0 Å². The molecule has 0 N–H and O–H groups in total. The zero-order valence-electron chi connectivity index (χ0n) is 9.69. The Bertz CT molecular complexity index is 548. The smallest absolute Gasteiger partial charge is 0.171 e. The third kappa shape index (κ3) is 3.15. The van der Waals surface area contributed by atoms with E-state index in [0.717, 1.165) is 15.8 Å². The Kier molecular flexibility index (Phi) is 4.44. The quantitative estimate of drug-likeness (QED) is 0.792. The molecule has 0 amide bonds. The number of benzene rings is 1. The predicted octanol–water partition coefficient (Wildman–Crippen LogP) is 4.09. The maximum atomic E-state index is 5.92. The molecule has 0 aliphatic carbocycles. The number of ether oxygens (including phenoxy) is 2. The normalized spacial score (nSPS) is 10.2. The van der Waals surface area contributed by atoms with Gasteiger partial charge in [0.05, 0.1) is 7.11 Å². The van der Waals surface area contributed by atoms with Crippen molar-refractivity contribution in [2.45, 2.75) is 6.61 Å². The van der Waals surface area contributed by atoms with Gasteiger partial charge in [-0.1, -0.05) is 27.5 Å². The maximum Gasteiger partial charge on any atom is 0.171 e. The van der Waals surface area contributed by atoms with Crippen LogP contribution >= 0.6 is 27.5 Å². The van der Waals surface area contributed by atoms with Crippen LogP contribution in [0.5, 0.6) is 11.5 Å². The van der Waals surface area contributed by atoms with Crippen molar-refractivity contribution in [1.29, 1.82) is 0 Å². The highest BCUT2D eigenvalue weighted by Gasteiger charge is 2.05. The van der Waals surface area contributed by atoms with E-state index in [9.17, 15) is 0 Å². The van der Waals surface area contributed by atoms with Crippen LogP contribution in [0.4, 0.5) is 0 Å². The molecule has 1 aromatic carbocycles. The van der Waals surface area contributed by atoms with Crippen LogP contribution in [0.2, 0.25) is 5.15 Å². The van der Waals surface area contributed by atoms with Gasteiger partial charge in [-0.25, -0.2) is 4.98 Å². The van der Waals surface area contributed by atoms with Crippen LogP contribution in [0.1, 0.15) is 5.56 Å². The minimum absolute atomic E-state index is 0.358. The van der Waals surface area contributed by atoms with Crippen molar-refractivity contribution < 1.29 is 9.47 Å². The van der Waals surface area contributed by atoms with Gasteiger partial charge in [0, 0.05) is 16.2 Å². The zero-order chi connectivity index (χ0) is 13.0. The Morgan fingerprint density at radius 2 is 2.17 bits per heavy atom. The standard InChI is InChI=1S/C13H11BrClNO2/c1-17-10-4-5-11(14)9(7-10)8-18-12-3-2-6-16-13(12)15/h2-7H,8H2,1H3. The molecule has 1 heterocycles. The van der Waals surface area contributed by atoms with E-state index >= 15 is 0 Å². The molecule has 3 nitrogen and oxygen atoms in total. The molecule has 2 aromatic rings. The molecule has 2 rings (SSSR count). The van der Waals surface area contributed by atoms with Crippen LogP contribution in [-0.4, -0.2) is 12.1 Å². The van der Waals surface area contributed by atoms with Gasteiger partial charge in [-0.3, -0.25) is 0 Å².